The minimum absolute atomic E-state index is 0.156. The number of ether oxygens (including phenoxy) is 2. The van der Waals surface area contributed by atoms with E-state index in [4.69, 9.17) is 26.1 Å². The lowest BCUT2D eigenvalue weighted by Crippen LogP contribution is -2.55. The Hall–Kier alpha value is -3.35. The molecule has 0 bridgehead atoms. The number of carbonyl (C=O) groups is 1. The number of fused-ring (bicyclic) bond motifs is 2. The Morgan fingerprint density at radius 3 is 2.46 bits per heavy atom. The number of nitrogens with one attached hydrogen (secondary N) is 1. The summed E-state index contributed by atoms with van der Waals surface area (Å²) in [5, 5.41) is 9.54. The second-order valence-corrected chi connectivity index (χ2v) is 20.9. The number of aryl methyl sites for hydroxylation is 1. The first kappa shape index (κ1) is 34.0. The maximum absolute atomic E-state index is 14.2. The van der Waals surface area contributed by atoms with Crippen molar-refractivity contribution in [2.75, 3.05) is 24.6 Å². The molecule has 0 saturated carbocycles. The van der Waals surface area contributed by atoms with Gasteiger partial charge in [-0.1, -0.05) is 37.3 Å². The predicted octanol–water partition coefficient (Wildman–Crippen LogP) is 6.62. The molecule has 1 fully saturated rings. The van der Waals surface area contributed by atoms with Gasteiger partial charge in [0.15, 0.2) is 5.65 Å². The molecule has 0 radical (unpaired) electrons. The third-order valence-corrected chi connectivity index (χ3v) is 10.7. The highest BCUT2D eigenvalue weighted by Crippen LogP contribution is 2.38. The maximum atomic E-state index is 14.2. The molecule has 0 unspecified atom stereocenters. The summed E-state index contributed by atoms with van der Waals surface area (Å²) in [7, 11) is 0.480. The van der Waals surface area contributed by atoms with Gasteiger partial charge in [-0.3, -0.25) is 14.0 Å². The van der Waals surface area contributed by atoms with Gasteiger partial charge in [-0.15, -0.1) is 0 Å². The van der Waals surface area contributed by atoms with Crippen molar-refractivity contribution in [2.45, 2.75) is 97.6 Å². The third kappa shape index (κ3) is 7.29. The summed E-state index contributed by atoms with van der Waals surface area (Å²) < 4.78 is 17.1. The zero-order valence-corrected chi connectivity index (χ0v) is 30.4. The Bertz CT molecular complexity index is 1810. The number of anilines is 1. The molecule has 1 aliphatic heterocycles. The van der Waals surface area contributed by atoms with Gasteiger partial charge in [0.2, 0.25) is 5.95 Å². The van der Waals surface area contributed by atoms with Crippen molar-refractivity contribution in [1.29, 1.82) is 0 Å². The van der Waals surface area contributed by atoms with Crippen molar-refractivity contribution in [3.63, 3.8) is 0 Å². The smallest absolute Gasteiger partial charge is 0.408 e. The van der Waals surface area contributed by atoms with Crippen LogP contribution in [0.3, 0.4) is 0 Å². The van der Waals surface area contributed by atoms with E-state index in [9.17, 15) is 9.59 Å². The number of amides is 1. The van der Waals surface area contributed by atoms with Crippen LogP contribution in [0.15, 0.2) is 29.3 Å². The molecule has 5 rings (SSSR count). The van der Waals surface area contributed by atoms with Crippen LogP contribution < -0.4 is 15.8 Å². The highest BCUT2D eigenvalue weighted by Gasteiger charge is 2.35. The molecular formula is C33H48ClN7O4Si. The molecule has 11 nitrogen and oxygen atoms in total. The summed E-state index contributed by atoms with van der Waals surface area (Å²) >= 11 is 7.01. The van der Waals surface area contributed by atoms with E-state index in [0.717, 1.165) is 29.1 Å². The predicted molar refractivity (Wildman–Crippen MR) is 188 cm³/mol. The first-order chi connectivity index (χ1) is 21.5. The lowest BCUT2D eigenvalue weighted by atomic mass is 9.90. The average molecular weight is 670 g/mol. The van der Waals surface area contributed by atoms with Crippen LogP contribution in [0.5, 0.6) is 0 Å². The van der Waals surface area contributed by atoms with Crippen LogP contribution in [0.25, 0.3) is 33.1 Å². The molecule has 0 aliphatic carbocycles. The largest absolute Gasteiger partial charge is 0.444 e. The van der Waals surface area contributed by atoms with Gasteiger partial charge in [0, 0.05) is 75.8 Å². The van der Waals surface area contributed by atoms with Crippen molar-refractivity contribution in [1.82, 2.24) is 29.2 Å². The van der Waals surface area contributed by atoms with Gasteiger partial charge in [0.1, 0.15) is 12.3 Å². The maximum Gasteiger partial charge on any atom is 0.408 e. The van der Waals surface area contributed by atoms with Gasteiger partial charge in [0.25, 0.3) is 5.56 Å². The van der Waals surface area contributed by atoms with Crippen molar-refractivity contribution < 1.29 is 14.3 Å². The van der Waals surface area contributed by atoms with Crippen molar-refractivity contribution >= 4 is 53.7 Å². The van der Waals surface area contributed by atoms with Crippen LogP contribution >= 0.6 is 11.6 Å². The summed E-state index contributed by atoms with van der Waals surface area (Å²) in [5.74, 6) is 0.579. The minimum atomic E-state index is -1.28. The highest BCUT2D eigenvalue weighted by molar-refractivity contribution is 6.76. The average Bonchev–Trinajstić information content (AvgIpc) is 3.54. The molecule has 46 heavy (non-hydrogen) atoms. The van der Waals surface area contributed by atoms with Gasteiger partial charge in [0.05, 0.1) is 15.9 Å². The Morgan fingerprint density at radius 2 is 1.83 bits per heavy atom. The summed E-state index contributed by atoms with van der Waals surface area (Å²) in [6.45, 7) is 19.5. The molecule has 4 heterocycles. The molecule has 1 N–H and O–H groups in total. The fraction of sp³-hybridized carbons (Fsp3) is 0.576. The molecule has 0 spiro atoms. The van der Waals surface area contributed by atoms with Crippen molar-refractivity contribution in [2.24, 2.45) is 7.05 Å². The van der Waals surface area contributed by atoms with Crippen molar-refractivity contribution in [3.05, 3.63) is 39.9 Å². The zero-order chi connectivity index (χ0) is 33.6. The fourth-order valence-corrected chi connectivity index (χ4v) is 6.85. The van der Waals surface area contributed by atoms with Gasteiger partial charge < -0.3 is 24.3 Å². The molecule has 1 saturated heterocycles. The molecule has 0 atom stereocenters. The van der Waals surface area contributed by atoms with Crippen LogP contribution in [0.1, 0.15) is 47.5 Å². The number of halogens is 1. The first-order valence-electron chi connectivity index (χ1n) is 16.1. The molecular weight excluding hydrogens is 622 g/mol. The van der Waals surface area contributed by atoms with E-state index in [1.165, 1.54) is 0 Å². The van der Waals surface area contributed by atoms with E-state index >= 15 is 0 Å². The quantitative estimate of drug-likeness (QED) is 0.158. The summed E-state index contributed by atoms with van der Waals surface area (Å²) in [6, 6.07) is 4.91. The van der Waals surface area contributed by atoms with E-state index in [1.807, 2.05) is 68.4 Å². The van der Waals surface area contributed by atoms with Gasteiger partial charge >= 0.3 is 6.09 Å². The minimum Gasteiger partial charge on any atom is -0.444 e. The second kappa shape index (κ2) is 12.7. The Morgan fingerprint density at radius 1 is 1.13 bits per heavy atom. The highest BCUT2D eigenvalue weighted by atomic mass is 35.5. The number of nitrogens with zero attached hydrogens (tertiary/aromatic N) is 6. The summed E-state index contributed by atoms with van der Waals surface area (Å²) in [4.78, 5) is 34.0. The van der Waals surface area contributed by atoms with E-state index in [2.05, 4.69) is 35.0 Å². The van der Waals surface area contributed by atoms with Crippen molar-refractivity contribution in [3.8, 4) is 11.1 Å². The zero-order valence-electron chi connectivity index (χ0n) is 28.7. The molecule has 1 aromatic carbocycles. The lowest BCUT2D eigenvalue weighted by Gasteiger charge is -2.40. The topological polar surface area (TPSA) is 108 Å². The van der Waals surface area contributed by atoms with Crippen LogP contribution in [-0.4, -0.2) is 68.9 Å². The number of rotatable bonds is 9. The lowest BCUT2D eigenvalue weighted by molar-refractivity contribution is 0.0448. The van der Waals surface area contributed by atoms with Gasteiger partial charge in [-0.05, 0) is 59.6 Å². The van der Waals surface area contributed by atoms with Crippen LogP contribution in [0.4, 0.5) is 10.7 Å². The first-order valence-corrected chi connectivity index (χ1v) is 20.2. The number of piperidine rings is 1. The number of alkyl carbamates (subject to hydrolysis) is 1. The number of benzene rings is 1. The SMILES string of the molecule is CCn1cc2c(Cl)c(-c3cn(COCC[Si](C)(C)C)c4nc(N5CCC(C)(NC(=O)OC(C)(C)C)CC5)n(C)c(=O)c34)ccc2n1. The molecule has 3 aromatic heterocycles. The van der Waals surface area contributed by atoms with Crippen LogP contribution in [-0.2, 0) is 29.8 Å². The van der Waals surface area contributed by atoms with E-state index in [0.29, 0.717) is 60.1 Å². The number of aromatic nitrogens is 5. The molecule has 250 valence electrons. The number of hydrogen-bond donors (Lipinski definition) is 1. The third-order valence-electron chi connectivity index (χ3n) is 8.54. The molecule has 1 amide bonds. The Kier molecular flexibility index (Phi) is 9.38. The molecule has 1 aliphatic rings. The van der Waals surface area contributed by atoms with E-state index < -0.39 is 25.3 Å². The summed E-state index contributed by atoms with van der Waals surface area (Å²) in [5.41, 5.74) is 1.68. The molecule has 13 heteroatoms. The van der Waals surface area contributed by atoms with E-state index in [-0.39, 0.29) is 12.3 Å². The summed E-state index contributed by atoms with van der Waals surface area (Å²) in [6.07, 6.45) is 4.80. The van der Waals surface area contributed by atoms with E-state index in [1.54, 1.807) is 11.6 Å². The number of carbonyl (C=O) groups excluding carboxylic acids is 1. The molecule has 4 aromatic rings. The standard InChI is InChI=1S/C33H48ClN7O4Si/c1-10-41-20-24-25(37-41)12-11-22(27(24)34)23-19-40(21-44-17-18-46(7,8)9)28-26(23)29(42)38(6)30(35-28)39-15-13-33(5,14-16-39)36-31(43)45-32(2,3)4/h11-12,19-20H,10,13-18,21H2,1-9H3,(H,36,43). The van der Waals surface area contributed by atoms with Crippen LogP contribution in [0.2, 0.25) is 30.7 Å². The Balaban J connectivity index is 1.51. The number of hydrogen-bond acceptors (Lipinski definition) is 7. The Labute approximate surface area is 276 Å². The second-order valence-electron chi connectivity index (χ2n) is 14.9. The van der Waals surface area contributed by atoms with Gasteiger partial charge in [-0.25, -0.2) is 4.79 Å². The van der Waals surface area contributed by atoms with Gasteiger partial charge in [-0.2, -0.15) is 10.1 Å². The van der Waals surface area contributed by atoms with Crippen LogP contribution in [0, 0.1) is 0 Å². The normalized spacial score (nSPS) is 15.6. The fourth-order valence-electron chi connectivity index (χ4n) is 5.79. The monoisotopic (exact) mass is 669 g/mol.